The predicted molar refractivity (Wildman–Crippen MR) is 168 cm³/mol. The number of aromatic nitrogens is 1. The Balaban J connectivity index is 1.53. The molecule has 6 nitrogen and oxygen atoms in total. The molecule has 1 aliphatic heterocycles. The lowest BCUT2D eigenvalue weighted by molar-refractivity contribution is 0.111. The fourth-order valence-electron chi connectivity index (χ4n) is 5.67. The molecule has 1 fully saturated rings. The maximum absolute atomic E-state index is 15.4. The summed E-state index contributed by atoms with van der Waals surface area (Å²) in [5.74, 6) is 0.0749. The number of ether oxygens (including phenoxy) is 1. The summed E-state index contributed by atoms with van der Waals surface area (Å²) in [6.45, 7) is 2.63. The first-order valence-corrected chi connectivity index (χ1v) is 14.2. The molecule has 0 radical (unpaired) electrons. The van der Waals surface area contributed by atoms with Crippen LogP contribution in [-0.4, -0.2) is 43.3 Å². The van der Waals surface area contributed by atoms with E-state index in [0.29, 0.717) is 49.4 Å². The van der Waals surface area contributed by atoms with Gasteiger partial charge in [-0.25, -0.2) is 9.37 Å². The van der Waals surface area contributed by atoms with Crippen molar-refractivity contribution in [1.29, 1.82) is 5.41 Å². The van der Waals surface area contributed by atoms with Gasteiger partial charge in [-0.05, 0) is 41.0 Å². The van der Waals surface area contributed by atoms with Crippen LogP contribution in [0.2, 0.25) is 0 Å². The molecule has 4 aromatic carbocycles. The van der Waals surface area contributed by atoms with Crippen molar-refractivity contribution < 1.29 is 13.9 Å². The van der Waals surface area contributed by atoms with E-state index in [-0.39, 0.29) is 11.3 Å². The summed E-state index contributed by atoms with van der Waals surface area (Å²) < 4.78 is 20.9. The van der Waals surface area contributed by atoms with Gasteiger partial charge in [0.05, 0.1) is 24.5 Å². The van der Waals surface area contributed by atoms with Gasteiger partial charge in [-0.15, -0.1) is 0 Å². The summed E-state index contributed by atoms with van der Waals surface area (Å²) in [6, 6.07) is 36.3. The van der Waals surface area contributed by atoms with Gasteiger partial charge in [0.2, 0.25) is 0 Å². The van der Waals surface area contributed by atoms with Crippen LogP contribution in [0.15, 0.2) is 121 Å². The highest BCUT2D eigenvalue weighted by Gasteiger charge is 2.37. The van der Waals surface area contributed by atoms with Crippen LogP contribution in [-0.2, 0) is 10.3 Å². The Labute approximate surface area is 250 Å². The van der Waals surface area contributed by atoms with Crippen LogP contribution in [0, 0.1) is 11.2 Å². The maximum atomic E-state index is 15.4. The molecule has 0 saturated carbocycles. The van der Waals surface area contributed by atoms with Crippen molar-refractivity contribution in [2.24, 2.45) is 0 Å². The zero-order valence-electron chi connectivity index (χ0n) is 23.5. The molecular formula is C36H31FN4O2. The van der Waals surface area contributed by atoms with E-state index in [2.05, 4.69) is 15.2 Å². The molecule has 0 amide bonds. The van der Waals surface area contributed by atoms with Crippen molar-refractivity contribution >= 4 is 23.5 Å². The van der Waals surface area contributed by atoms with E-state index in [1.165, 1.54) is 12.1 Å². The van der Waals surface area contributed by atoms with Crippen molar-refractivity contribution in [3.8, 4) is 0 Å². The minimum Gasteiger partial charge on any atom is -0.378 e. The molecule has 1 saturated heterocycles. The normalized spacial score (nSPS) is 13.4. The molecule has 1 aliphatic rings. The van der Waals surface area contributed by atoms with Crippen LogP contribution >= 0.6 is 0 Å². The second-order valence-corrected chi connectivity index (χ2v) is 10.4. The van der Waals surface area contributed by atoms with Crippen molar-refractivity contribution in [2.45, 2.75) is 5.54 Å². The Kier molecular flexibility index (Phi) is 8.07. The number of nitrogens with zero attached hydrogens (tertiary/aromatic N) is 2. The first kappa shape index (κ1) is 28.0. The standard InChI is InChI=1S/C36H31FN4O2/c37-32-24-33(31(22-27(32)25-42)35(38)26-16-17-39-34(23-26)41-18-20-43-21-19-41)40-36(28-10-4-1-5-11-28,29-12-6-2-7-13-29)30-14-8-3-9-15-30/h1-17,22-25,38,40H,18-21H2. The first-order chi connectivity index (χ1) is 21.1. The van der Waals surface area contributed by atoms with Gasteiger partial charge < -0.3 is 15.0 Å². The minimum absolute atomic E-state index is 0.113. The zero-order chi connectivity index (χ0) is 29.6. The zero-order valence-corrected chi connectivity index (χ0v) is 23.5. The third kappa shape index (κ3) is 5.55. The number of hydrogen-bond acceptors (Lipinski definition) is 6. The second kappa shape index (κ2) is 12.4. The summed E-state index contributed by atoms with van der Waals surface area (Å²) in [7, 11) is 0. The van der Waals surface area contributed by atoms with E-state index >= 15 is 4.39 Å². The third-order valence-corrected chi connectivity index (χ3v) is 7.84. The molecule has 0 unspecified atom stereocenters. The van der Waals surface area contributed by atoms with E-state index in [4.69, 9.17) is 4.74 Å². The lowest BCUT2D eigenvalue weighted by Gasteiger charge is -2.38. The average molecular weight is 571 g/mol. The number of nitrogens with one attached hydrogen (secondary N) is 2. The topological polar surface area (TPSA) is 78.3 Å². The summed E-state index contributed by atoms with van der Waals surface area (Å²) in [6.07, 6.45) is 2.16. The molecule has 2 N–H and O–H groups in total. The molecule has 0 aliphatic carbocycles. The SMILES string of the molecule is N=C(c1ccnc(N2CCOCC2)c1)c1cc(C=O)c(F)cc1NC(c1ccccc1)(c1ccccc1)c1ccccc1. The fraction of sp³-hybridized carbons (Fsp3) is 0.139. The molecular weight excluding hydrogens is 539 g/mol. The number of pyridine rings is 1. The number of halogens is 1. The minimum atomic E-state index is -0.953. The molecule has 2 heterocycles. The molecule has 7 heteroatoms. The van der Waals surface area contributed by atoms with Crippen LogP contribution in [0.5, 0.6) is 0 Å². The van der Waals surface area contributed by atoms with Gasteiger partial charge in [-0.3, -0.25) is 10.2 Å². The highest BCUT2D eigenvalue weighted by Crippen LogP contribution is 2.41. The van der Waals surface area contributed by atoms with Crippen LogP contribution in [0.25, 0.3) is 0 Å². The Morgan fingerprint density at radius 1 is 0.837 bits per heavy atom. The summed E-state index contributed by atoms with van der Waals surface area (Å²) in [5, 5.41) is 13.0. The lowest BCUT2D eigenvalue weighted by atomic mass is 9.76. The van der Waals surface area contributed by atoms with E-state index < -0.39 is 11.4 Å². The third-order valence-electron chi connectivity index (χ3n) is 7.84. The van der Waals surface area contributed by atoms with Gasteiger partial charge in [-0.1, -0.05) is 91.0 Å². The largest absolute Gasteiger partial charge is 0.378 e. The number of carbonyl (C=O) groups is 1. The van der Waals surface area contributed by atoms with Crippen molar-refractivity contribution in [3.63, 3.8) is 0 Å². The first-order valence-electron chi connectivity index (χ1n) is 14.2. The summed E-state index contributed by atoms with van der Waals surface area (Å²) in [4.78, 5) is 18.5. The molecule has 0 spiro atoms. The highest BCUT2D eigenvalue weighted by molar-refractivity contribution is 6.15. The van der Waals surface area contributed by atoms with Crippen molar-refractivity contribution in [1.82, 2.24) is 4.98 Å². The number of morpholine rings is 1. The van der Waals surface area contributed by atoms with Gasteiger partial charge in [0.25, 0.3) is 0 Å². The van der Waals surface area contributed by atoms with Crippen LogP contribution in [0.1, 0.15) is 38.2 Å². The van der Waals surface area contributed by atoms with Gasteiger partial charge in [0.15, 0.2) is 6.29 Å². The average Bonchev–Trinajstić information content (AvgIpc) is 3.08. The fourth-order valence-corrected chi connectivity index (χ4v) is 5.67. The van der Waals surface area contributed by atoms with E-state index in [0.717, 1.165) is 22.5 Å². The molecule has 0 atom stereocenters. The predicted octanol–water partition coefficient (Wildman–Crippen LogP) is 6.69. The Morgan fingerprint density at radius 3 is 1.93 bits per heavy atom. The number of hydrogen-bond donors (Lipinski definition) is 2. The van der Waals surface area contributed by atoms with Gasteiger partial charge >= 0.3 is 0 Å². The maximum Gasteiger partial charge on any atom is 0.153 e. The quantitative estimate of drug-likeness (QED) is 0.117. The van der Waals surface area contributed by atoms with E-state index in [1.54, 1.807) is 12.3 Å². The van der Waals surface area contributed by atoms with Crippen molar-refractivity contribution in [2.75, 3.05) is 36.5 Å². The number of anilines is 2. The molecule has 43 heavy (non-hydrogen) atoms. The van der Waals surface area contributed by atoms with Gasteiger partial charge in [0.1, 0.15) is 17.2 Å². The van der Waals surface area contributed by atoms with Gasteiger partial charge in [-0.2, -0.15) is 0 Å². The second-order valence-electron chi connectivity index (χ2n) is 10.4. The van der Waals surface area contributed by atoms with Crippen LogP contribution < -0.4 is 10.2 Å². The lowest BCUT2D eigenvalue weighted by Crippen LogP contribution is -2.38. The Morgan fingerprint density at radius 2 is 1.40 bits per heavy atom. The van der Waals surface area contributed by atoms with E-state index in [9.17, 15) is 10.2 Å². The smallest absolute Gasteiger partial charge is 0.153 e. The van der Waals surface area contributed by atoms with Crippen molar-refractivity contribution in [3.05, 3.63) is 161 Å². The number of aldehydes is 1. The monoisotopic (exact) mass is 570 g/mol. The number of rotatable bonds is 9. The molecule has 5 aromatic rings. The molecule has 6 rings (SSSR count). The Hall–Kier alpha value is -5.14. The molecule has 214 valence electrons. The van der Waals surface area contributed by atoms with Crippen LogP contribution in [0.3, 0.4) is 0 Å². The summed E-state index contributed by atoms with van der Waals surface area (Å²) in [5.41, 5.74) is 3.26. The Bertz CT molecular complexity index is 1630. The number of benzene rings is 4. The highest BCUT2D eigenvalue weighted by atomic mass is 19.1. The molecule has 0 bridgehead atoms. The van der Waals surface area contributed by atoms with Crippen LogP contribution in [0.4, 0.5) is 15.9 Å². The molecule has 1 aromatic heterocycles. The van der Waals surface area contributed by atoms with E-state index in [1.807, 2.05) is 97.1 Å². The number of carbonyl (C=O) groups excluding carboxylic acids is 1. The summed E-state index contributed by atoms with van der Waals surface area (Å²) >= 11 is 0. The van der Waals surface area contributed by atoms with Gasteiger partial charge in [0, 0.05) is 36.1 Å².